The molecule has 160 valence electrons. The van der Waals surface area contributed by atoms with Crippen molar-refractivity contribution in [3.63, 3.8) is 0 Å². The van der Waals surface area contributed by atoms with E-state index in [1.807, 2.05) is 0 Å². The van der Waals surface area contributed by atoms with Gasteiger partial charge in [0.1, 0.15) is 0 Å². The smallest absolute Gasteiger partial charge is 0.0399 e. The summed E-state index contributed by atoms with van der Waals surface area (Å²) in [5.74, 6) is 1.58. The molecule has 1 atom stereocenters. The van der Waals surface area contributed by atoms with Gasteiger partial charge in [0, 0.05) is 25.3 Å². The SMILES string of the molecule is CCCC(CCC)CNCCC(C)CNCc1ccc(C)c(N(C)C2CC2)c1. The second-order valence-electron chi connectivity index (χ2n) is 9.14. The van der Waals surface area contributed by atoms with Crippen molar-refractivity contribution in [3.05, 3.63) is 29.3 Å². The monoisotopic (exact) mass is 387 g/mol. The van der Waals surface area contributed by atoms with Crippen molar-refractivity contribution in [2.45, 2.75) is 85.2 Å². The number of aryl methyl sites for hydroxylation is 1. The number of rotatable bonds is 15. The van der Waals surface area contributed by atoms with Crippen LogP contribution in [0.15, 0.2) is 18.2 Å². The quantitative estimate of drug-likeness (QED) is 0.388. The van der Waals surface area contributed by atoms with Crippen LogP contribution in [0.25, 0.3) is 0 Å². The molecule has 1 saturated carbocycles. The zero-order valence-electron chi connectivity index (χ0n) is 19.2. The summed E-state index contributed by atoms with van der Waals surface area (Å²) >= 11 is 0. The fraction of sp³-hybridized carbons (Fsp3) is 0.760. The van der Waals surface area contributed by atoms with Crippen LogP contribution in [0.1, 0.15) is 76.8 Å². The Morgan fingerprint density at radius 1 is 1.04 bits per heavy atom. The van der Waals surface area contributed by atoms with E-state index in [0.29, 0.717) is 5.92 Å². The lowest BCUT2D eigenvalue weighted by Crippen LogP contribution is -2.27. The summed E-state index contributed by atoms with van der Waals surface area (Å²) in [5, 5.41) is 7.38. The molecule has 0 aliphatic heterocycles. The molecule has 0 bridgehead atoms. The highest BCUT2D eigenvalue weighted by Gasteiger charge is 2.27. The summed E-state index contributed by atoms with van der Waals surface area (Å²) in [5.41, 5.74) is 4.20. The Bertz CT molecular complexity index is 547. The Labute approximate surface area is 174 Å². The lowest BCUT2D eigenvalue weighted by molar-refractivity contribution is 0.393. The van der Waals surface area contributed by atoms with Gasteiger partial charge in [0.15, 0.2) is 0 Å². The third kappa shape index (κ3) is 8.13. The van der Waals surface area contributed by atoms with Crippen LogP contribution in [0.5, 0.6) is 0 Å². The number of nitrogens with one attached hydrogen (secondary N) is 2. The summed E-state index contributed by atoms with van der Waals surface area (Å²) in [6.07, 6.45) is 9.30. The molecule has 0 radical (unpaired) electrons. The summed E-state index contributed by atoms with van der Waals surface area (Å²) in [6, 6.07) is 7.71. The van der Waals surface area contributed by atoms with Crippen LogP contribution >= 0.6 is 0 Å². The molecular weight excluding hydrogens is 342 g/mol. The van der Waals surface area contributed by atoms with Gasteiger partial charge in [-0.1, -0.05) is 45.7 Å². The molecule has 1 unspecified atom stereocenters. The Balaban J connectivity index is 1.64. The van der Waals surface area contributed by atoms with Crippen LogP contribution in [-0.2, 0) is 6.54 Å². The standard InChI is InChI=1S/C25H45N3/c1-6-8-22(9-7-2)18-26-15-14-20(3)17-27-19-23-11-10-21(4)25(16-23)28(5)24-12-13-24/h10-11,16,20,22,24,26-27H,6-9,12-15,17-19H2,1-5H3. The maximum Gasteiger partial charge on any atom is 0.0399 e. The average Bonchev–Trinajstić information content (AvgIpc) is 3.51. The van der Waals surface area contributed by atoms with Gasteiger partial charge in [-0.2, -0.15) is 0 Å². The summed E-state index contributed by atoms with van der Waals surface area (Å²) < 4.78 is 0. The number of anilines is 1. The van der Waals surface area contributed by atoms with Crippen molar-refractivity contribution in [2.75, 3.05) is 31.6 Å². The zero-order chi connectivity index (χ0) is 20.4. The van der Waals surface area contributed by atoms with Crippen molar-refractivity contribution < 1.29 is 0 Å². The fourth-order valence-corrected chi connectivity index (χ4v) is 4.19. The van der Waals surface area contributed by atoms with Crippen LogP contribution < -0.4 is 15.5 Å². The van der Waals surface area contributed by atoms with Gasteiger partial charge < -0.3 is 15.5 Å². The van der Waals surface area contributed by atoms with Crippen LogP contribution in [0.3, 0.4) is 0 Å². The van der Waals surface area contributed by atoms with E-state index in [9.17, 15) is 0 Å². The molecule has 0 aromatic heterocycles. The van der Waals surface area contributed by atoms with Gasteiger partial charge in [0.25, 0.3) is 0 Å². The third-order valence-corrected chi connectivity index (χ3v) is 6.21. The van der Waals surface area contributed by atoms with E-state index >= 15 is 0 Å². The highest BCUT2D eigenvalue weighted by Crippen LogP contribution is 2.32. The van der Waals surface area contributed by atoms with Crippen LogP contribution in [-0.4, -0.2) is 32.7 Å². The molecule has 1 aliphatic rings. The predicted octanol–water partition coefficient (Wildman–Crippen LogP) is 5.52. The number of benzene rings is 1. The Morgan fingerprint density at radius 2 is 1.75 bits per heavy atom. The van der Waals surface area contributed by atoms with Gasteiger partial charge in [-0.3, -0.25) is 0 Å². The molecule has 1 aromatic carbocycles. The second-order valence-corrected chi connectivity index (χ2v) is 9.14. The number of hydrogen-bond donors (Lipinski definition) is 2. The van der Waals surface area contributed by atoms with E-state index in [0.717, 1.165) is 31.6 Å². The first kappa shape index (κ1) is 23.2. The summed E-state index contributed by atoms with van der Waals surface area (Å²) in [7, 11) is 2.25. The molecule has 0 amide bonds. The largest absolute Gasteiger partial charge is 0.371 e. The predicted molar refractivity (Wildman–Crippen MR) is 124 cm³/mol. The molecule has 2 N–H and O–H groups in total. The van der Waals surface area contributed by atoms with E-state index in [4.69, 9.17) is 0 Å². The minimum absolute atomic E-state index is 0.711. The molecule has 2 rings (SSSR count). The normalized spacial score (nSPS) is 15.2. The zero-order valence-corrected chi connectivity index (χ0v) is 19.2. The Kier molecular flexibility index (Phi) is 10.4. The molecule has 28 heavy (non-hydrogen) atoms. The van der Waals surface area contributed by atoms with Gasteiger partial charge in [0.2, 0.25) is 0 Å². The Hall–Kier alpha value is -1.06. The topological polar surface area (TPSA) is 27.3 Å². The molecule has 0 heterocycles. The minimum Gasteiger partial charge on any atom is -0.371 e. The lowest BCUT2D eigenvalue weighted by Gasteiger charge is -2.22. The van der Waals surface area contributed by atoms with E-state index in [1.165, 1.54) is 68.3 Å². The molecule has 3 heteroatoms. The van der Waals surface area contributed by atoms with Crippen molar-refractivity contribution in [2.24, 2.45) is 11.8 Å². The summed E-state index contributed by atoms with van der Waals surface area (Å²) in [4.78, 5) is 2.47. The molecule has 1 fully saturated rings. The number of hydrogen-bond acceptors (Lipinski definition) is 3. The molecule has 1 aliphatic carbocycles. The molecule has 0 saturated heterocycles. The van der Waals surface area contributed by atoms with E-state index < -0.39 is 0 Å². The lowest BCUT2D eigenvalue weighted by atomic mass is 9.98. The minimum atomic E-state index is 0.711. The maximum atomic E-state index is 3.70. The highest BCUT2D eigenvalue weighted by atomic mass is 15.2. The van der Waals surface area contributed by atoms with Crippen LogP contribution in [0, 0.1) is 18.8 Å². The van der Waals surface area contributed by atoms with Gasteiger partial charge in [-0.05, 0) is 87.7 Å². The maximum absolute atomic E-state index is 3.70. The van der Waals surface area contributed by atoms with Gasteiger partial charge in [-0.15, -0.1) is 0 Å². The second kappa shape index (κ2) is 12.5. The van der Waals surface area contributed by atoms with Gasteiger partial charge in [0.05, 0.1) is 0 Å². The van der Waals surface area contributed by atoms with E-state index in [-0.39, 0.29) is 0 Å². The van der Waals surface area contributed by atoms with Crippen molar-refractivity contribution in [3.8, 4) is 0 Å². The average molecular weight is 388 g/mol. The van der Waals surface area contributed by atoms with Crippen molar-refractivity contribution in [1.82, 2.24) is 10.6 Å². The fourth-order valence-electron chi connectivity index (χ4n) is 4.19. The molecule has 3 nitrogen and oxygen atoms in total. The molecule has 0 spiro atoms. The van der Waals surface area contributed by atoms with Crippen molar-refractivity contribution in [1.29, 1.82) is 0 Å². The van der Waals surface area contributed by atoms with Crippen LogP contribution in [0.4, 0.5) is 5.69 Å². The first-order valence-corrected chi connectivity index (χ1v) is 11.8. The number of nitrogens with zero attached hydrogens (tertiary/aromatic N) is 1. The molecular formula is C25H45N3. The van der Waals surface area contributed by atoms with E-state index in [1.54, 1.807) is 0 Å². The summed E-state index contributed by atoms with van der Waals surface area (Å²) in [6.45, 7) is 13.6. The Morgan fingerprint density at radius 3 is 2.39 bits per heavy atom. The van der Waals surface area contributed by atoms with Gasteiger partial charge >= 0.3 is 0 Å². The first-order chi connectivity index (χ1) is 13.5. The highest BCUT2D eigenvalue weighted by molar-refractivity contribution is 5.56. The third-order valence-electron chi connectivity index (χ3n) is 6.21. The van der Waals surface area contributed by atoms with E-state index in [2.05, 4.69) is 68.5 Å². The van der Waals surface area contributed by atoms with Crippen LogP contribution in [0.2, 0.25) is 0 Å². The van der Waals surface area contributed by atoms with Gasteiger partial charge in [-0.25, -0.2) is 0 Å². The first-order valence-electron chi connectivity index (χ1n) is 11.8. The van der Waals surface area contributed by atoms with Crippen molar-refractivity contribution >= 4 is 5.69 Å². The molecule has 1 aromatic rings.